The second kappa shape index (κ2) is 4.04. The molecule has 2 saturated heterocycles. The van der Waals surface area contributed by atoms with Gasteiger partial charge in [0.2, 0.25) is 0 Å². The fourth-order valence-electron chi connectivity index (χ4n) is 3.03. The second-order valence-electron chi connectivity index (χ2n) is 4.95. The van der Waals surface area contributed by atoms with Crippen molar-refractivity contribution >= 4 is 6.03 Å². The Balaban J connectivity index is 1.65. The minimum atomic E-state index is -0.267. The molecule has 2 amide bonds. The third-order valence-corrected chi connectivity index (χ3v) is 3.87. The maximum atomic E-state index is 11.2. The molecule has 2 N–H and O–H groups in total. The highest BCUT2D eigenvalue weighted by molar-refractivity contribution is 5.73. The van der Waals surface area contributed by atoms with Crippen LogP contribution in [0.2, 0.25) is 0 Å². The monoisotopic (exact) mass is 231 g/mol. The molecule has 2 aliphatic heterocycles. The van der Waals surface area contributed by atoms with Gasteiger partial charge >= 0.3 is 6.03 Å². The number of likely N-dealkylation sites (tertiary alicyclic amines) is 2. The number of piperazine rings is 1. The van der Waals surface area contributed by atoms with Crippen molar-refractivity contribution in [2.45, 2.75) is 25.0 Å². The van der Waals surface area contributed by atoms with Crippen LogP contribution in [0.25, 0.3) is 0 Å². The van der Waals surface area contributed by atoms with Gasteiger partial charge in [-0.15, -0.1) is 0 Å². The Hall–Kier alpha value is -1.55. The fourth-order valence-corrected chi connectivity index (χ4v) is 3.03. The van der Waals surface area contributed by atoms with E-state index in [4.69, 9.17) is 5.73 Å². The largest absolute Gasteiger partial charge is 0.351 e. The SMILES string of the molecule is NC(=O)N1CC2CC1CN2Cc1ccccc1. The number of primary amides is 1. The van der Waals surface area contributed by atoms with Crippen molar-refractivity contribution in [2.24, 2.45) is 5.73 Å². The van der Waals surface area contributed by atoms with E-state index in [2.05, 4.69) is 29.2 Å². The molecule has 2 heterocycles. The third kappa shape index (κ3) is 1.89. The standard InChI is InChI=1S/C13H17N3O/c14-13(17)16-9-11-6-12(16)8-15(11)7-10-4-2-1-3-5-10/h1-5,11-12H,6-9H2,(H2,14,17). The molecule has 1 aromatic rings. The predicted molar refractivity (Wildman–Crippen MR) is 65.3 cm³/mol. The van der Waals surface area contributed by atoms with E-state index in [1.807, 2.05) is 11.0 Å². The molecule has 2 bridgehead atoms. The summed E-state index contributed by atoms with van der Waals surface area (Å²) in [5.41, 5.74) is 6.69. The summed E-state index contributed by atoms with van der Waals surface area (Å²) in [5, 5.41) is 0. The van der Waals surface area contributed by atoms with Gasteiger partial charge in [-0.1, -0.05) is 30.3 Å². The van der Waals surface area contributed by atoms with Gasteiger partial charge in [-0.05, 0) is 12.0 Å². The van der Waals surface area contributed by atoms with E-state index in [1.165, 1.54) is 5.56 Å². The van der Waals surface area contributed by atoms with Crippen molar-refractivity contribution in [3.63, 3.8) is 0 Å². The van der Waals surface area contributed by atoms with Gasteiger partial charge in [0.25, 0.3) is 0 Å². The van der Waals surface area contributed by atoms with Crippen molar-refractivity contribution < 1.29 is 4.79 Å². The second-order valence-corrected chi connectivity index (χ2v) is 4.95. The maximum Gasteiger partial charge on any atom is 0.315 e. The molecule has 0 aromatic heterocycles. The summed E-state index contributed by atoms with van der Waals surface area (Å²) in [7, 11) is 0. The maximum absolute atomic E-state index is 11.2. The van der Waals surface area contributed by atoms with Crippen molar-refractivity contribution in [1.82, 2.24) is 9.80 Å². The lowest BCUT2D eigenvalue weighted by Crippen LogP contribution is -2.50. The minimum Gasteiger partial charge on any atom is -0.351 e. The highest BCUT2D eigenvalue weighted by Gasteiger charge is 2.44. The molecule has 3 rings (SSSR count). The van der Waals surface area contributed by atoms with E-state index >= 15 is 0 Å². The molecule has 90 valence electrons. The number of carbonyl (C=O) groups is 1. The Morgan fingerprint density at radius 1 is 1.24 bits per heavy atom. The molecule has 4 heteroatoms. The first kappa shape index (κ1) is 10.6. The van der Waals surface area contributed by atoms with Crippen LogP contribution in [-0.4, -0.2) is 41.0 Å². The number of hydrogen-bond donors (Lipinski definition) is 1. The van der Waals surface area contributed by atoms with Crippen LogP contribution in [0.5, 0.6) is 0 Å². The van der Waals surface area contributed by atoms with Crippen molar-refractivity contribution in [3.8, 4) is 0 Å². The molecule has 1 aromatic carbocycles. The van der Waals surface area contributed by atoms with Crippen LogP contribution in [0.4, 0.5) is 4.79 Å². The molecule has 2 fully saturated rings. The summed E-state index contributed by atoms with van der Waals surface area (Å²) in [6, 6.07) is 11.0. The smallest absolute Gasteiger partial charge is 0.315 e. The predicted octanol–water partition coefficient (Wildman–Crippen LogP) is 1.02. The normalized spacial score (nSPS) is 27.6. The quantitative estimate of drug-likeness (QED) is 0.826. The van der Waals surface area contributed by atoms with E-state index in [1.54, 1.807) is 0 Å². The molecule has 0 radical (unpaired) electrons. The molecular weight excluding hydrogens is 214 g/mol. The average molecular weight is 231 g/mol. The first-order valence-corrected chi connectivity index (χ1v) is 6.08. The average Bonchev–Trinajstić information content (AvgIpc) is 2.89. The zero-order valence-electron chi connectivity index (χ0n) is 9.75. The van der Waals surface area contributed by atoms with E-state index in [0.29, 0.717) is 12.1 Å². The lowest BCUT2D eigenvalue weighted by atomic mass is 10.2. The molecule has 2 atom stereocenters. The van der Waals surface area contributed by atoms with Gasteiger partial charge < -0.3 is 10.6 Å². The molecule has 0 spiro atoms. The van der Waals surface area contributed by atoms with Gasteiger partial charge in [-0.25, -0.2) is 4.79 Å². The molecule has 2 aliphatic rings. The highest BCUT2D eigenvalue weighted by Crippen LogP contribution is 2.31. The summed E-state index contributed by atoms with van der Waals surface area (Å²) in [5.74, 6) is 0. The van der Waals surface area contributed by atoms with Crippen LogP contribution < -0.4 is 5.73 Å². The van der Waals surface area contributed by atoms with Crippen LogP contribution in [0.15, 0.2) is 30.3 Å². The van der Waals surface area contributed by atoms with E-state index in [-0.39, 0.29) is 6.03 Å². The lowest BCUT2D eigenvalue weighted by molar-refractivity contribution is 0.137. The van der Waals surface area contributed by atoms with Crippen molar-refractivity contribution in [3.05, 3.63) is 35.9 Å². The summed E-state index contributed by atoms with van der Waals surface area (Å²) in [6.07, 6.45) is 1.08. The molecular formula is C13H17N3O. The van der Waals surface area contributed by atoms with Crippen LogP contribution in [0.3, 0.4) is 0 Å². The van der Waals surface area contributed by atoms with Crippen LogP contribution in [0.1, 0.15) is 12.0 Å². The van der Waals surface area contributed by atoms with Gasteiger partial charge in [-0.3, -0.25) is 4.90 Å². The van der Waals surface area contributed by atoms with Crippen LogP contribution in [-0.2, 0) is 6.54 Å². The zero-order valence-corrected chi connectivity index (χ0v) is 9.75. The van der Waals surface area contributed by atoms with Gasteiger partial charge in [0, 0.05) is 31.7 Å². The number of benzene rings is 1. The first-order valence-electron chi connectivity index (χ1n) is 6.08. The number of rotatable bonds is 2. The number of urea groups is 1. The lowest BCUT2D eigenvalue weighted by Gasteiger charge is -2.33. The Morgan fingerprint density at radius 3 is 2.59 bits per heavy atom. The topological polar surface area (TPSA) is 49.6 Å². The van der Waals surface area contributed by atoms with Crippen molar-refractivity contribution in [2.75, 3.05) is 13.1 Å². The number of carbonyl (C=O) groups excluding carboxylic acids is 1. The van der Waals surface area contributed by atoms with E-state index < -0.39 is 0 Å². The summed E-state index contributed by atoms with van der Waals surface area (Å²) in [4.78, 5) is 15.5. The first-order chi connectivity index (χ1) is 8.24. The van der Waals surface area contributed by atoms with Crippen molar-refractivity contribution in [1.29, 1.82) is 0 Å². The van der Waals surface area contributed by atoms with Gasteiger partial charge in [0.05, 0.1) is 0 Å². The molecule has 0 aliphatic carbocycles. The van der Waals surface area contributed by atoms with Gasteiger partial charge in [0.1, 0.15) is 0 Å². The molecule has 0 saturated carbocycles. The Bertz CT molecular complexity index is 420. The van der Waals surface area contributed by atoms with Crippen LogP contribution >= 0.6 is 0 Å². The summed E-state index contributed by atoms with van der Waals surface area (Å²) in [6.45, 7) is 2.74. The van der Waals surface area contributed by atoms with E-state index in [9.17, 15) is 4.79 Å². The summed E-state index contributed by atoms with van der Waals surface area (Å²) < 4.78 is 0. The number of amides is 2. The Kier molecular flexibility index (Phi) is 2.52. The minimum absolute atomic E-state index is 0.267. The number of fused-ring (bicyclic) bond motifs is 2. The number of nitrogens with two attached hydrogens (primary N) is 1. The molecule has 4 nitrogen and oxygen atoms in total. The zero-order chi connectivity index (χ0) is 11.8. The van der Waals surface area contributed by atoms with E-state index in [0.717, 1.165) is 26.1 Å². The number of hydrogen-bond acceptors (Lipinski definition) is 2. The fraction of sp³-hybridized carbons (Fsp3) is 0.462. The highest BCUT2D eigenvalue weighted by atomic mass is 16.2. The molecule has 17 heavy (non-hydrogen) atoms. The Morgan fingerprint density at radius 2 is 2.00 bits per heavy atom. The van der Waals surface area contributed by atoms with Gasteiger partial charge in [-0.2, -0.15) is 0 Å². The Labute approximate surface area is 101 Å². The van der Waals surface area contributed by atoms with Gasteiger partial charge in [0.15, 0.2) is 0 Å². The molecule has 2 unspecified atom stereocenters. The van der Waals surface area contributed by atoms with Crippen LogP contribution in [0, 0.1) is 0 Å². The number of nitrogens with zero attached hydrogens (tertiary/aromatic N) is 2. The summed E-state index contributed by atoms with van der Waals surface area (Å²) >= 11 is 0. The third-order valence-electron chi connectivity index (χ3n) is 3.87.